The number of carbonyl (C=O) groups is 1. The van der Waals surface area contributed by atoms with Gasteiger partial charge in [0.25, 0.3) is 0 Å². The minimum Gasteiger partial charge on any atom is -0.317 e. The molecule has 1 saturated carbocycles. The summed E-state index contributed by atoms with van der Waals surface area (Å²) in [6, 6.07) is 0.430. The van der Waals surface area contributed by atoms with E-state index in [0.29, 0.717) is 11.8 Å². The lowest BCUT2D eigenvalue weighted by Crippen LogP contribution is -2.40. The van der Waals surface area contributed by atoms with E-state index in [0.717, 1.165) is 50.4 Å². The quantitative estimate of drug-likeness (QED) is 0.845. The molecule has 2 aliphatic rings. The number of Topliss-reactive ketones (excluding diaryl/α,β-unsaturated/α-hetero) is 1. The molecular formula is C15H24N4O. The third kappa shape index (κ3) is 2.51. The lowest BCUT2D eigenvalue weighted by atomic mass is 9.82. The Balaban J connectivity index is 1.72. The second-order valence-corrected chi connectivity index (χ2v) is 6.22. The first-order valence-electron chi connectivity index (χ1n) is 7.78. The van der Waals surface area contributed by atoms with Crippen molar-refractivity contribution in [2.24, 2.45) is 13.0 Å². The highest BCUT2D eigenvalue weighted by Gasteiger charge is 2.37. The van der Waals surface area contributed by atoms with Gasteiger partial charge in [0.15, 0.2) is 0 Å². The number of hydrogen-bond acceptors (Lipinski definition) is 4. The molecule has 0 N–H and O–H groups in total. The first-order valence-corrected chi connectivity index (χ1v) is 7.78. The molecule has 5 heteroatoms. The molecule has 1 saturated heterocycles. The summed E-state index contributed by atoms with van der Waals surface area (Å²) in [6.07, 6.45) is 6.53. The Kier molecular flexibility index (Phi) is 3.87. The van der Waals surface area contributed by atoms with Gasteiger partial charge < -0.3 is 4.57 Å². The van der Waals surface area contributed by atoms with E-state index in [9.17, 15) is 4.79 Å². The van der Waals surface area contributed by atoms with Crippen molar-refractivity contribution in [2.45, 2.75) is 58.0 Å². The van der Waals surface area contributed by atoms with Gasteiger partial charge in [0, 0.05) is 25.4 Å². The summed E-state index contributed by atoms with van der Waals surface area (Å²) in [4.78, 5) is 14.6. The summed E-state index contributed by atoms with van der Waals surface area (Å²) in [5, 5.41) is 8.39. The first kappa shape index (κ1) is 13.7. The maximum Gasteiger partial charge on any atom is 0.146 e. The molecule has 20 heavy (non-hydrogen) atoms. The Morgan fingerprint density at radius 3 is 2.75 bits per heavy atom. The van der Waals surface area contributed by atoms with Crippen LogP contribution in [0.25, 0.3) is 0 Å². The zero-order valence-corrected chi connectivity index (χ0v) is 12.5. The topological polar surface area (TPSA) is 51.0 Å². The molecule has 2 fully saturated rings. The van der Waals surface area contributed by atoms with E-state index in [-0.39, 0.29) is 5.92 Å². The van der Waals surface area contributed by atoms with E-state index in [4.69, 9.17) is 0 Å². The van der Waals surface area contributed by atoms with E-state index in [1.165, 1.54) is 12.8 Å². The van der Waals surface area contributed by atoms with E-state index in [1.54, 1.807) is 0 Å². The van der Waals surface area contributed by atoms with Gasteiger partial charge in [-0.2, -0.15) is 0 Å². The molecule has 0 bridgehead atoms. The number of ketones is 1. The fourth-order valence-electron chi connectivity index (χ4n) is 3.69. The number of aryl methyl sites for hydroxylation is 1. The summed E-state index contributed by atoms with van der Waals surface area (Å²) < 4.78 is 2.05. The molecule has 2 heterocycles. The number of aromatic nitrogens is 3. The normalized spacial score (nSPS) is 28.2. The van der Waals surface area contributed by atoms with Crippen molar-refractivity contribution in [3.05, 3.63) is 11.6 Å². The molecule has 110 valence electrons. The van der Waals surface area contributed by atoms with E-state index >= 15 is 0 Å². The molecule has 5 nitrogen and oxygen atoms in total. The van der Waals surface area contributed by atoms with E-state index in [2.05, 4.69) is 19.7 Å². The summed E-state index contributed by atoms with van der Waals surface area (Å²) >= 11 is 0. The summed E-state index contributed by atoms with van der Waals surface area (Å²) in [6.45, 7) is 3.88. The molecule has 3 rings (SSSR count). The molecule has 0 amide bonds. The average molecular weight is 276 g/mol. The monoisotopic (exact) mass is 276 g/mol. The van der Waals surface area contributed by atoms with Crippen LogP contribution in [0.4, 0.5) is 0 Å². The number of nitrogens with zero attached hydrogens (tertiary/aromatic N) is 4. The maximum atomic E-state index is 12.2. The lowest BCUT2D eigenvalue weighted by molar-refractivity contribution is -0.126. The molecule has 2 unspecified atom stereocenters. The molecule has 1 aromatic heterocycles. The number of hydrogen-bond donors (Lipinski definition) is 0. The fraction of sp³-hybridized carbons (Fsp3) is 0.800. The van der Waals surface area contributed by atoms with Gasteiger partial charge in [-0.05, 0) is 39.2 Å². The van der Waals surface area contributed by atoms with Gasteiger partial charge in [0.2, 0.25) is 0 Å². The zero-order valence-electron chi connectivity index (χ0n) is 12.5. The second kappa shape index (κ2) is 5.64. The minimum atomic E-state index is 0.264. The van der Waals surface area contributed by atoms with Crippen molar-refractivity contribution in [2.75, 3.05) is 6.54 Å². The van der Waals surface area contributed by atoms with Gasteiger partial charge in [-0.25, -0.2) is 0 Å². The Hall–Kier alpha value is -1.23. The van der Waals surface area contributed by atoms with Crippen molar-refractivity contribution in [3.63, 3.8) is 0 Å². The van der Waals surface area contributed by atoms with Gasteiger partial charge in [0.05, 0.1) is 6.54 Å². The van der Waals surface area contributed by atoms with E-state index in [1.807, 2.05) is 14.0 Å². The Labute approximate surface area is 120 Å². The van der Waals surface area contributed by atoms with Crippen LogP contribution in [-0.2, 0) is 18.4 Å². The van der Waals surface area contributed by atoms with Crippen LogP contribution in [0, 0.1) is 12.8 Å². The molecule has 0 radical (unpaired) electrons. The van der Waals surface area contributed by atoms with Crippen LogP contribution in [0.1, 0.15) is 50.2 Å². The van der Waals surface area contributed by atoms with Crippen molar-refractivity contribution < 1.29 is 4.79 Å². The van der Waals surface area contributed by atoms with Crippen LogP contribution in [0.5, 0.6) is 0 Å². The van der Waals surface area contributed by atoms with Gasteiger partial charge in [-0.15, -0.1) is 10.2 Å². The SMILES string of the molecule is Cc1nnc(CN2CCCC2C2CCCCC2=O)n1C. The van der Waals surface area contributed by atoms with Crippen molar-refractivity contribution in [3.8, 4) is 0 Å². The molecule has 0 aromatic carbocycles. The Bertz CT molecular complexity index is 496. The number of carbonyl (C=O) groups excluding carboxylic acids is 1. The highest BCUT2D eigenvalue weighted by Crippen LogP contribution is 2.33. The highest BCUT2D eigenvalue weighted by molar-refractivity contribution is 5.82. The summed E-state index contributed by atoms with van der Waals surface area (Å²) in [5.74, 6) is 2.71. The van der Waals surface area contributed by atoms with Crippen LogP contribution in [0.2, 0.25) is 0 Å². The van der Waals surface area contributed by atoms with Crippen LogP contribution in [0.15, 0.2) is 0 Å². The third-order valence-electron chi connectivity index (χ3n) is 5.01. The maximum absolute atomic E-state index is 12.2. The minimum absolute atomic E-state index is 0.264. The molecular weight excluding hydrogens is 252 g/mol. The molecule has 0 spiro atoms. The summed E-state index contributed by atoms with van der Waals surface area (Å²) in [7, 11) is 2.02. The highest BCUT2D eigenvalue weighted by atomic mass is 16.1. The first-order chi connectivity index (χ1) is 9.66. The predicted octanol–water partition coefficient (Wildman–Crippen LogP) is 1.85. The van der Waals surface area contributed by atoms with Crippen LogP contribution in [0.3, 0.4) is 0 Å². The summed E-state index contributed by atoms with van der Waals surface area (Å²) in [5.41, 5.74) is 0. The van der Waals surface area contributed by atoms with E-state index < -0.39 is 0 Å². The van der Waals surface area contributed by atoms with Crippen molar-refractivity contribution >= 4 is 5.78 Å². The number of likely N-dealkylation sites (tertiary alicyclic amines) is 1. The smallest absolute Gasteiger partial charge is 0.146 e. The molecule has 1 aliphatic heterocycles. The molecule has 1 aromatic rings. The van der Waals surface area contributed by atoms with Gasteiger partial charge >= 0.3 is 0 Å². The lowest BCUT2D eigenvalue weighted by Gasteiger charge is -2.32. The molecule has 2 atom stereocenters. The standard InChI is InChI=1S/C15H24N4O/c1-11-16-17-15(18(11)2)10-19-9-5-7-13(19)12-6-3-4-8-14(12)20/h12-13H,3-10H2,1-2H3. The van der Waals surface area contributed by atoms with Gasteiger partial charge in [0.1, 0.15) is 17.4 Å². The third-order valence-corrected chi connectivity index (χ3v) is 5.01. The van der Waals surface area contributed by atoms with Crippen LogP contribution >= 0.6 is 0 Å². The largest absolute Gasteiger partial charge is 0.317 e. The second-order valence-electron chi connectivity index (χ2n) is 6.22. The van der Waals surface area contributed by atoms with Crippen molar-refractivity contribution in [1.29, 1.82) is 0 Å². The van der Waals surface area contributed by atoms with Gasteiger partial charge in [-0.3, -0.25) is 9.69 Å². The van der Waals surface area contributed by atoms with Crippen molar-refractivity contribution in [1.82, 2.24) is 19.7 Å². The zero-order chi connectivity index (χ0) is 14.1. The molecule has 1 aliphatic carbocycles. The van der Waals surface area contributed by atoms with Crippen LogP contribution in [-0.4, -0.2) is 38.0 Å². The fourth-order valence-corrected chi connectivity index (χ4v) is 3.69. The predicted molar refractivity (Wildman–Crippen MR) is 76.1 cm³/mol. The Morgan fingerprint density at radius 2 is 2.05 bits per heavy atom. The van der Waals surface area contributed by atoms with Gasteiger partial charge in [-0.1, -0.05) is 6.42 Å². The number of rotatable bonds is 3. The van der Waals surface area contributed by atoms with Crippen LogP contribution < -0.4 is 0 Å². The Morgan fingerprint density at radius 1 is 1.20 bits per heavy atom. The average Bonchev–Trinajstić information content (AvgIpc) is 3.02.